The first-order valence-electron chi connectivity index (χ1n) is 2.91. The van der Waals surface area contributed by atoms with Crippen molar-refractivity contribution in [1.29, 1.82) is 0 Å². The molecule has 1 N–H and O–H groups in total. The van der Waals surface area contributed by atoms with Crippen LogP contribution in [0.2, 0.25) is 0 Å². The van der Waals surface area contributed by atoms with E-state index in [1.807, 2.05) is 5.53 Å². The number of nitrogens with one attached hydrogen (secondary N) is 1. The highest BCUT2D eigenvalue weighted by molar-refractivity contribution is 4.55. The predicted molar refractivity (Wildman–Crippen MR) is 41.9 cm³/mol. The molecule has 0 aromatic heterocycles. The zero-order valence-corrected chi connectivity index (χ0v) is 6.70. The molecule has 12 heteroatoms. The van der Waals surface area contributed by atoms with Crippen LogP contribution in [0.15, 0.2) is 59.7 Å². The minimum Gasteiger partial charge on any atom is -0.163 e. The summed E-state index contributed by atoms with van der Waals surface area (Å²) < 4.78 is 0. The second-order valence-electron chi connectivity index (χ2n) is 1.22. The molecule has 0 saturated carbocycles. The third kappa shape index (κ3) is 9.25. The van der Waals surface area contributed by atoms with E-state index in [2.05, 4.69) is 58.4 Å². The van der Waals surface area contributed by atoms with Gasteiger partial charge in [0.1, 0.15) is 10.4 Å². The van der Waals surface area contributed by atoms with Gasteiger partial charge < -0.3 is 0 Å². The lowest BCUT2D eigenvalue weighted by Crippen LogP contribution is -1.87. The predicted octanol–water partition coefficient (Wildman–Crippen LogP) is 2.41. The summed E-state index contributed by atoms with van der Waals surface area (Å²) in [5.41, 5.74) is 9.70. The summed E-state index contributed by atoms with van der Waals surface area (Å²) >= 11 is 0. The summed E-state index contributed by atoms with van der Waals surface area (Å²) in [5, 5.41) is 27.1. The van der Waals surface area contributed by atoms with Crippen molar-refractivity contribution in [2.75, 3.05) is 0 Å². The Morgan fingerprint density at radius 1 is 1.07 bits per heavy atom. The van der Waals surface area contributed by atoms with E-state index in [-0.39, 0.29) is 0 Å². The monoisotopic (exact) mass is 196 g/mol. The van der Waals surface area contributed by atoms with Crippen LogP contribution in [0.3, 0.4) is 0 Å². The van der Waals surface area contributed by atoms with Crippen LogP contribution in [0.25, 0.3) is 10.4 Å². The largest absolute Gasteiger partial charge is 0.163 e. The minimum absolute atomic E-state index is 1.18. The average molecular weight is 196 g/mol. The molecule has 0 bridgehead atoms. The number of nitrogens with zero attached hydrogens (tertiary/aromatic N) is 11. The van der Waals surface area contributed by atoms with Crippen LogP contribution in [0.4, 0.5) is 0 Å². The molecule has 0 amide bonds. The van der Waals surface area contributed by atoms with Gasteiger partial charge in [-0.05, 0) is 20.9 Å². The highest BCUT2D eigenvalue weighted by atomic mass is 15.7. The van der Waals surface area contributed by atoms with Crippen molar-refractivity contribution in [1.82, 2.24) is 5.53 Å². The lowest BCUT2D eigenvalue weighted by molar-refractivity contribution is 0.647. The van der Waals surface area contributed by atoms with Gasteiger partial charge in [0.2, 0.25) is 0 Å². The third-order valence-corrected chi connectivity index (χ3v) is 0.512. The number of rotatable bonds is 6. The average Bonchev–Trinajstić information content (AvgIpc) is 2.21. The molecule has 0 radical (unpaired) electrons. The molecule has 0 aliphatic rings. The van der Waals surface area contributed by atoms with Crippen LogP contribution in [0.5, 0.6) is 0 Å². The topological polar surface area (TPSA) is 160 Å². The summed E-state index contributed by atoms with van der Waals surface area (Å²) in [5.74, 6) is 0. The Balaban J connectivity index is 3.62. The molecule has 0 atom stereocenters. The summed E-state index contributed by atoms with van der Waals surface area (Å²) in [7, 11) is 0. The Kier molecular flexibility index (Phi) is 8.24. The summed E-state index contributed by atoms with van der Waals surface area (Å²) in [6.45, 7) is 3.24. The lowest BCUT2D eigenvalue weighted by atomic mass is 11.1. The van der Waals surface area contributed by atoms with Gasteiger partial charge in [-0.1, -0.05) is 6.58 Å². The van der Waals surface area contributed by atoms with Crippen molar-refractivity contribution in [2.45, 2.75) is 0 Å². The van der Waals surface area contributed by atoms with Crippen LogP contribution in [0.1, 0.15) is 0 Å². The fraction of sp³-hybridized carbons (Fsp3) is 0. The Labute approximate surface area is 76.7 Å². The molecule has 72 valence electrons. The van der Waals surface area contributed by atoms with Crippen molar-refractivity contribution >= 4 is 0 Å². The smallest absolute Gasteiger partial charge is 0.124 e. The lowest BCUT2D eigenvalue weighted by Gasteiger charge is -1.76. The Morgan fingerprint density at radius 2 is 1.79 bits per heavy atom. The zero-order valence-electron chi connectivity index (χ0n) is 6.70. The number of hydrogen-bond donors (Lipinski definition) is 1. The molecular formula is C2H4N12. The van der Waals surface area contributed by atoms with Gasteiger partial charge in [0.05, 0.1) is 5.22 Å². The van der Waals surface area contributed by atoms with Gasteiger partial charge >= 0.3 is 0 Å². The van der Waals surface area contributed by atoms with E-state index in [0.29, 0.717) is 0 Å². The van der Waals surface area contributed by atoms with Gasteiger partial charge in [0.15, 0.2) is 0 Å². The van der Waals surface area contributed by atoms with Gasteiger partial charge in [-0.15, -0.1) is 10.6 Å². The molecule has 0 heterocycles. The molecule has 0 unspecified atom stereocenters. The van der Waals surface area contributed by atoms with Crippen LogP contribution in [-0.4, -0.2) is 0 Å². The normalized spacial score (nSPS) is 11.4. The molecule has 12 nitrogen and oxygen atoms in total. The van der Waals surface area contributed by atoms with Crippen molar-refractivity contribution < 1.29 is 0 Å². The summed E-state index contributed by atoms with van der Waals surface area (Å²) in [4.78, 5) is 2.27. The van der Waals surface area contributed by atoms with E-state index in [9.17, 15) is 0 Å². The van der Waals surface area contributed by atoms with Crippen LogP contribution >= 0.6 is 0 Å². The molecule has 0 aromatic rings. The first-order chi connectivity index (χ1) is 6.91. The highest BCUT2D eigenvalue weighted by Crippen LogP contribution is 1.81. The molecule has 0 fully saturated rings. The summed E-state index contributed by atoms with van der Waals surface area (Å²) in [6.07, 6.45) is 1.18. The highest BCUT2D eigenvalue weighted by Gasteiger charge is 1.71. The second-order valence-corrected chi connectivity index (χ2v) is 1.22. The SMILES string of the molecule is C=CN=N/N=N/N/N=N/N=N/N=[N+]=[N-]. The molecule has 0 rings (SSSR count). The van der Waals surface area contributed by atoms with Gasteiger partial charge in [-0.25, -0.2) is 0 Å². The van der Waals surface area contributed by atoms with E-state index in [4.69, 9.17) is 5.53 Å². The van der Waals surface area contributed by atoms with Gasteiger partial charge in [-0.3, -0.25) is 0 Å². The maximum absolute atomic E-state index is 7.74. The Morgan fingerprint density at radius 3 is 2.43 bits per heavy atom. The molecule has 0 spiro atoms. The van der Waals surface area contributed by atoms with E-state index in [1.165, 1.54) is 6.20 Å². The maximum Gasteiger partial charge on any atom is 0.124 e. The number of azide groups is 1. The first-order valence-corrected chi connectivity index (χ1v) is 2.91. The molecule has 14 heavy (non-hydrogen) atoms. The zero-order chi connectivity index (χ0) is 10.5. The maximum atomic E-state index is 7.74. The molecular weight excluding hydrogens is 192 g/mol. The third-order valence-electron chi connectivity index (χ3n) is 0.512. The van der Waals surface area contributed by atoms with Gasteiger partial charge in [0.25, 0.3) is 0 Å². The van der Waals surface area contributed by atoms with E-state index < -0.39 is 0 Å². The first kappa shape index (κ1) is 11.2. The Hall–Kier alpha value is -2.75. The van der Waals surface area contributed by atoms with Gasteiger partial charge in [0, 0.05) is 11.4 Å². The second kappa shape index (κ2) is 10.2. The number of hydrogen-bond acceptors (Lipinski definition) is 3. The molecule has 0 aromatic carbocycles. The van der Waals surface area contributed by atoms with E-state index >= 15 is 0 Å². The fourth-order valence-electron chi connectivity index (χ4n) is 0.213. The molecule has 0 aliphatic carbocycles. The van der Waals surface area contributed by atoms with Gasteiger partial charge in [-0.2, -0.15) is 10.4 Å². The molecule has 0 aliphatic heterocycles. The standard InChI is InChI=1S/C2H4N12/c1-2-4-6-8-10-12-14-13-11-9-7-5-3/h2H,1H2,(H,4,8,9,12,13). The quantitative estimate of drug-likeness (QED) is 0.294. The van der Waals surface area contributed by atoms with Crippen molar-refractivity contribution in [3.05, 3.63) is 23.2 Å². The van der Waals surface area contributed by atoms with Crippen molar-refractivity contribution in [3.63, 3.8) is 0 Å². The summed E-state index contributed by atoms with van der Waals surface area (Å²) in [6, 6.07) is 0. The van der Waals surface area contributed by atoms with Crippen LogP contribution < -0.4 is 5.53 Å². The minimum atomic E-state index is 1.18. The van der Waals surface area contributed by atoms with Crippen molar-refractivity contribution in [3.8, 4) is 0 Å². The van der Waals surface area contributed by atoms with Crippen LogP contribution in [-0.2, 0) is 0 Å². The van der Waals surface area contributed by atoms with E-state index in [0.717, 1.165) is 0 Å². The Bertz CT molecular complexity index is 300. The van der Waals surface area contributed by atoms with E-state index in [1.54, 1.807) is 0 Å². The van der Waals surface area contributed by atoms with Crippen molar-refractivity contribution in [2.24, 2.45) is 46.9 Å². The fourth-order valence-corrected chi connectivity index (χ4v) is 0.213. The molecule has 0 saturated heterocycles. The van der Waals surface area contributed by atoms with Crippen LogP contribution in [0, 0.1) is 0 Å².